The second kappa shape index (κ2) is 20.1. The number of rotatable bonds is 3. The number of ether oxygens (including phenoxy) is 6. The van der Waals surface area contributed by atoms with Gasteiger partial charge in [0, 0.05) is 65.4 Å². The topological polar surface area (TPSA) is 137 Å². The molecule has 0 unspecified atom stereocenters. The summed E-state index contributed by atoms with van der Waals surface area (Å²) in [5.74, 6) is 1.13. The van der Waals surface area contributed by atoms with E-state index in [4.69, 9.17) is 33.4 Å². The van der Waals surface area contributed by atoms with E-state index in [0.717, 1.165) is 52.4 Å². The number of aromatic nitrogens is 3. The summed E-state index contributed by atoms with van der Waals surface area (Å²) < 4.78 is 33.7. The fourth-order valence-corrected chi connectivity index (χ4v) is 3.82. The fourth-order valence-electron chi connectivity index (χ4n) is 3.82. The van der Waals surface area contributed by atoms with Crippen molar-refractivity contribution in [1.29, 1.82) is 0 Å². The normalized spacial score (nSPS) is 21.9. The quantitative estimate of drug-likeness (QED) is 0.403. The molecule has 2 saturated heterocycles. The van der Waals surface area contributed by atoms with Crippen molar-refractivity contribution in [2.75, 3.05) is 148 Å². The van der Waals surface area contributed by atoms with Crippen LogP contribution >= 0.6 is 0 Å². The Morgan fingerprint density at radius 3 is 1.29 bits per heavy atom. The Morgan fingerprint density at radius 2 is 0.868 bits per heavy atom. The highest BCUT2D eigenvalue weighted by molar-refractivity contribution is 5.40. The molecule has 0 aliphatic carbocycles. The van der Waals surface area contributed by atoms with Crippen LogP contribution in [0.25, 0.3) is 0 Å². The van der Waals surface area contributed by atoms with Gasteiger partial charge in [-0.3, -0.25) is 0 Å². The minimum atomic E-state index is 0.284. The molecule has 14 heteroatoms. The van der Waals surface area contributed by atoms with Crippen molar-refractivity contribution in [3.63, 3.8) is 0 Å². The Labute approximate surface area is 226 Å². The van der Waals surface area contributed by atoms with E-state index in [-0.39, 0.29) is 6.01 Å². The van der Waals surface area contributed by atoms with Crippen LogP contribution in [0.5, 0.6) is 6.01 Å². The van der Waals surface area contributed by atoms with Crippen LogP contribution in [0.2, 0.25) is 0 Å². The first kappa shape index (κ1) is 30.6. The van der Waals surface area contributed by atoms with Gasteiger partial charge in [-0.2, -0.15) is 15.0 Å². The van der Waals surface area contributed by atoms with Crippen LogP contribution in [0, 0.1) is 0 Å². The van der Waals surface area contributed by atoms with E-state index in [9.17, 15) is 0 Å². The molecule has 1 aromatic heterocycles. The third-order valence-electron chi connectivity index (χ3n) is 5.91. The molecule has 3 rings (SSSR count). The Balaban J connectivity index is 1.67. The highest BCUT2D eigenvalue weighted by atomic mass is 16.6. The largest absolute Gasteiger partial charge is 0.467 e. The van der Waals surface area contributed by atoms with Crippen LogP contribution < -0.4 is 30.5 Å². The number of anilines is 2. The lowest BCUT2D eigenvalue weighted by Gasteiger charge is -2.27. The highest BCUT2D eigenvalue weighted by Gasteiger charge is 2.18. The third kappa shape index (κ3) is 12.8. The molecule has 0 atom stereocenters. The van der Waals surface area contributed by atoms with Gasteiger partial charge in [-0.1, -0.05) is 0 Å². The molecule has 0 aromatic carbocycles. The summed E-state index contributed by atoms with van der Waals surface area (Å²) in [5, 5.41) is 10.4. The lowest BCUT2D eigenvalue weighted by Crippen LogP contribution is -2.42. The van der Waals surface area contributed by atoms with Gasteiger partial charge in [0.15, 0.2) is 0 Å². The maximum absolute atomic E-state index is 5.81. The van der Waals surface area contributed by atoms with Gasteiger partial charge in [0.1, 0.15) is 0 Å². The summed E-state index contributed by atoms with van der Waals surface area (Å²) in [6.45, 7) is 13.3. The van der Waals surface area contributed by atoms with E-state index in [1.807, 2.05) is 4.90 Å². The Kier molecular flexibility index (Phi) is 16.2. The summed E-state index contributed by atoms with van der Waals surface area (Å²) in [7, 11) is 1.58. The second-order valence-corrected chi connectivity index (χ2v) is 8.71. The van der Waals surface area contributed by atoms with Gasteiger partial charge in [-0.05, 0) is 0 Å². The molecule has 38 heavy (non-hydrogen) atoms. The SMILES string of the molecule is COc1nc(N2CCNCCNCCNCC2)nc(N2CCOCCOCCOCCOCCOCC2)n1. The van der Waals surface area contributed by atoms with Gasteiger partial charge in [-0.15, -0.1) is 0 Å². The van der Waals surface area contributed by atoms with Crippen molar-refractivity contribution in [3.8, 4) is 6.01 Å². The standard InChI is InChI=1S/C24H46N8O6/c1-33-24-29-22(31-8-6-26-4-2-25-3-5-27-7-9-31)28-23(30-24)32-10-12-34-14-16-36-18-20-38-21-19-37-17-15-35-13-11-32/h25-27H,2-21H2,1H3. The highest BCUT2D eigenvalue weighted by Crippen LogP contribution is 2.18. The Bertz CT molecular complexity index is 707. The molecule has 0 amide bonds. The summed E-state index contributed by atoms with van der Waals surface area (Å²) in [6, 6.07) is 0.284. The van der Waals surface area contributed by atoms with Gasteiger partial charge in [0.25, 0.3) is 0 Å². The zero-order chi connectivity index (χ0) is 26.5. The van der Waals surface area contributed by atoms with Crippen LogP contribution in [0.1, 0.15) is 0 Å². The molecule has 0 saturated carbocycles. The smallest absolute Gasteiger partial charge is 0.322 e. The second-order valence-electron chi connectivity index (χ2n) is 8.71. The first-order chi connectivity index (χ1) is 18.9. The molecule has 3 heterocycles. The van der Waals surface area contributed by atoms with Crippen LogP contribution in [0.3, 0.4) is 0 Å². The maximum atomic E-state index is 5.81. The van der Waals surface area contributed by atoms with E-state index in [1.54, 1.807) is 7.11 Å². The predicted molar refractivity (Wildman–Crippen MR) is 144 cm³/mol. The van der Waals surface area contributed by atoms with Crippen molar-refractivity contribution >= 4 is 11.9 Å². The summed E-state index contributed by atoms with van der Waals surface area (Å²) in [5.41, 5.74) is 0. The molecular formula is C24H46N8O6. The predicted octanol–water partition coefficient (Wildman–Crippen LogP) is -1.63. The van der Waals surface area contributed by atoms with Gasteiger partial charge < -0.3 is 54.2 Å². The molecule has 3 N–H and O–H groups in total. The van der Waals surface area contributed by atoms with E-state index in [1.165, 1.54) is 0 Å². The van der Waals surface area contributed by atoms with Crippen LogP contribution in [0.15, 0.2) is 0 Å². The maximum Gasteiger partial charge on any atom is 0.322 e. The summed E-state index contributed by atoms with van der Waals surface area (Å²) in [6.07, 6.45) is 0. The van der Waals surface area contributed by atoms with Gasteiger partial charge in [0.2, 0.25) is 11.9 Å². The zero-order valence-corrected chi connectivity index (χ0v) is 22.8. The molecule has 0 spiro atoms. The lowest BCUT2D eigenvalue weighted by atomic mass is 10.4. The van der Waals surface area contributed by atoms with E-state index in [2.05, 4.69) is 30.8 Å². The third-order valence-corrected chi connectivity index (χ3v) is 5.91. The molecule has 0 bridgehead atoms. The molecule has 14 nitrogen and oxygen atoms in total. The molecule has 1 aromatic rings. The Hall–Kier alpha value is -1.91. The van der Waals surface area contributed by atoms with Crippen LogP contribution in [0.4, 0.5) is 11.9 Å². The van der Waals surface area contributed by atoms with Crippen LogP contribution in [-0.4, -0.2) is 154 Å². The van der Waals surface area contributed by atoms with E-state index >= 15 is 0 Å². The fraction of sp³-hybridized carbons (Fsp3) is 0.875. The molecule has 2 aliphatic rings. The lowest BCUT2D eigenvalue weighted by molar-refractivity contribution is -0.0116. The van der Waals surface area contributed by atoms with Crippen LogP contribution in [-0.2, 0) is 23.7 Å². The molecule has 2 aliphatic heterocycles. The number of hydrogen-bond acceptors (Lipinski definition) is 14. The summed E-state index contributed by atoms with van der Waals surface area (Å²) >= 11 is 0. The molecular weight excluding hydrogens is 496 g/mol. The Morgan fingerprint density at radius 1 is 0.500 bits per heavy atom. The van der Waals surface area contributed by atoms with Crippen molar-refractivity contribution in [1.82, 2.24) is 30.9 Å². The molecule has 2 fully saturated rings. The first-order valence-electron chi connectivity index (χ1n) is 13.7. The van der Waals surface area contributed by atoms with Crippen molar-refractivity contribution in [2.24, 2.45) is 0 Å². The van der Waals surface area contributed by atoms with E-state index < -0.39 is 0 Å². The number of hydrogen-bond donors (Lipinski definition) is 3. The first-order valence-corrected chi connectivity index (χ1v) is 13.7. The molecule has 218 valence electrons. The van der Waals surface area contributed by atoms with Crippen molar-refractivity contribution in [2.45, 2.75) is 0 Å². The minimum absolute atomic E-state index is 0.284. The summed E-state index contributed by atoms with van der Waals surface area (Å²) in [4.78, 5) is 18.2. The average molecular weight is 543 g/mol. The molecule has 0 radical (unpaired) electrons. The van der Waals surface area contributed by atoms with Gasteiger partial charge >= 0.3 is 6.01 Å². The van der Waals surface area contributed by atoms with Crippen molar-refractivity contribution in [3.05, 3.63) is 0 Å². The number of nitrogens with one attached hydrogen (secondary N) is 3. The van der Waals surface area contributed by atoms with E-state index in [0.29, 0.717) is 91.1 Å². The monoisotopic (exact) mass is 542 g/mol. The average Bonchev–Trinajstić information content (AvgIpc) is 2.93. The zero-order valence-electron chi connectivity index (χ0n) is 22.8. The van der Waals surface area contributed by atoms with Crippen molar-refractivity contribution < 1.29 is 28.4 Å². The van der Waals surface area contributed by atoms with Gasteiger partial charge in [-0.25, -0.2) is 0 Å². The van der Waals surface area contributed by atoms with Gasteiger partial charge in [0.05, 0.1) is 73.2 Å². The number of methoxy groups -OCH3 is 1. The minimum Gasteiger partial charge on any atom is -0.467 e. The number of nitrogens with zero attached hydrogens (tertiary/aromatic N) is 5.